The van der Waals surface area contributed by atoms with Crippen LogP contribution < -0.4 is 0 Å². The van der Waals surface area contributed by atoms with Crippen LogP contribution in [0.4, 0.5) is 0 Å². The van der Waals surface area contributed by atoms with Gasteiger partial charge in [0.15, 0.2) is 0 Å². The summed E-state index contributed by atoms with van der Waals surface area (Å²) in [5.41, 5.74) is 0.553. The molecule has 1 aliphatic heterocycles. The fourth-order valence-electron chi connectivity index (χ4n) is 2.70. The summed E-state index contributed by atoms with van der Waals surface area (Å²) in [6.07, 6.45) is 3.82. The first-order valence-corrected chi connectivity index (χ1v) is 9.66. The number of thiophene rings is 1. The molecule has 0 N–H and O–H groups in total. The van der Waals surface area contributed by atoms with Gasteiger partial charge in [-0.1, -0.05) is 6.07 Å². The minimum atomic E-state index is 0.0248. The molecular formula is C15H13N3OS3. The summed E-state index contributed by atoms with van der Waals surface area (Å²) >= 11 is 4.80. The summed E-state index contributed by atoms with van der Waals surface area (Å²) in [7, 11) is 0. The van der Waals surface area contributed by atoms with Gasteiger partial charge in [0.05, 0.1) is 10.9 Å². The molecule has 1 aliphatic rings. The van der Waals surface area contributed by atoms with E-state index in [0.29, 0.717) is 5.69 Å². The van der Waals surface area contributed by atoms with Crippen LogP contribution in [0.25, 0.3) is 9.88 Å². The Morgan fingerprint density at radius 2 is 2.23 bits per heavy atom. The van der Waals surface area contributed by atoms with Crippen molar-refractivity contribution in [3.05, 3.63) is 45.2 Å². The number of nitrogens with zero attached hydrogens (tertiary/aromatic N) is 3. The van der Waals surface area contributed by atoms with Crippen molar-refractivity contribution in [3.63, 3.8) is 0 Å². The van der Waals surface area contributed by atoms with Gasteiger partial charge in [-0.2, -0.15) is 0 Å². The van der Waals surface area contributed by atoms with E-state index < -0.39 is 0 Å². The Morgan fingerprint density at radius 3 is 3.00 bits per heavy atom. The third-order valence-corrected chi connectivity index (χ3v) is 6.46. The standard InChI is InChI=1S/C15H13N3OS3/c19-15(10-9-22-14(17-10)12-4-2-7-20-12)18-6-1-3-11(18)13-16-5-8-21-13/h2,4-5,7-9,11H,1,3,6H2/t11-/m1/s1. The molecule has 7 heteroatoms. The van der Waals surface area contributed by atoms with Crippen LogP contribution in [-0.4, -0.2) is 27.3 Å². The first kappa shape index (κ1) is 14.0. The lowest BCUT2D eigenvalue weighted by molar-refractivity contribution is 0.0730. The van der Waals surface area contributed by atoms with Crippen LogP contribution in [0, 0.1) is 0 Å². The Balaban J connectivity index is 1.59. The molecule has 1 amide bonds. The summed E-state index contributed by atoms with van der Waals surface area (Å²) in [6.45, 7) is 0.787. The van der Waals surface area contributed by atoms with Crippen LogP contribution in [0.5, 0.6) is 0 Å². The lowest BCUT2D eigenvalue weighted by atomic mass is 10.2. The van der Waals surface area contributed by atoms with Gasteiger partial charge in [-0.15, -0.1) is 34.0 Å². The molecule has 0 radical (unpaired) electrons. The Kier molecular flexibility index (Phi) is 3.77. The lowest BCUT2D eigenvalue weighted by Gasteiger charge is -2.22. The van der Waals surface area contributed by atoms with E-state index >= 15 is 0 Å². The molecule has 1 fully saturated rings. The van der Waals surface area contributed by atoms with E-state index in [9.17, 15) is 4.79 Å². The Morgan fingerprint density at radius 1 is 1.27 bits per heavy atom. The normalized spacial score (nSPS) is 18.0. The van der Waals surface area contributed by atoms with Crippen LogP contribution in [-0.2, 0) is 0 Å². The predicted octanol–water partition coefficient (Wildman–Crippen LogP) is 4.31. The maximum atomic E-state index is 12.8. The maximum Gasteiger partial charge on any atom is 0.273 e. The summed E-state index contributed by atoms with van der Waals surface area (Å²) in [6, 6.07) is 4.15. The van der Waals surface area contributed by atoms with Gasteiger partial charge in [-0.25, -0.2) is 9.97 Å². The maximum absolute atomic E-state index is 12.8. The second-order valence-electron chi connectivity index (χ2n) is 5.04. The van der Waals surface area contributed by atoms with Crippen molar-refractivity contribution in [1.82, 2.24) is 14.9 Å². The molecule has 4 nitrogen and oxygen atoms in total. The minimum absolute atomic E-state index is 0.0248. The van der Waals surface area contributed by atoms with Crippen LogP contribution in [0.1, 0.15) is 34.4 Å². The Hall–Kier alpha value is -1.57. The van der Waals surface area contributed by atoms with Crippen LogP contribution in [0.15, 0.2) is 34.5 Å². The predicted molar refractivity (Wildman–Crippen MR) is 90.6 cm³/mol. The zero-order chi connectivity index (χ0) is 14.9. The SMILES string of the molecule is O=C(c1csc(-c2cccs2)n1)N1CCC[C@@H]1c1nccs1. The van der Waals surface area contributed by atoms with Gasteiger partial charge in [-0.3, -0.25) is 4.79 Å². The number of likely N-dealkylation sites (tertiary alicyclic amines) is 1. The smallest absolute Gasteiger partial charge is 0.273 e. The largest absolute Gasteiger partial charge is 0.328 e. The molecule has 0 unspecified atom stereocenters. The molecule has 112 valence electrons. The summed E-state index contributed by atoms with van der Waals surface area (Å²) in [5.74, 6) is 0.0248. The zero-order valence-corrected chi connectivity index (χ0v) is 14.1. The van der Waals surface area contributed by atoms with E-state index in [-0.39, 0.29) is 11.9 Å². The highest BCUT2D eigenvalue weighted by Gasteiger charge is 2.33. The second-order valence-corrected chi connectivity index (χ2v) is 7.77. The first-order chi connectivity index (χ1) is 10.8. The topological polar surface area (TPSA) is 46.1 Å². The monoisotopic (exact) mass is 347 g/mol. The summed E-state index contributed by atoms with van der Waals surface area (Å²) in [5, 5.41) is 7.81. The van der Waals surface area contributed by atoms with E-state index in [2.05, 4.69) is 9.97 Å². The van der Waals surface area contributed by atoms with Gasteiger partial charge in [0.1, 0.15) is 15.7 Å². The third-order valence-electron chi connectivity index (χ3n) is 3.71. The number of amides is 1. The molecule has 4 heterocycles. The fraction of sp³-hybridized carbons (Fsp3) is 0.267. The molecule has 1 saturated heterocycles. The number of carbonyl (C=O) groups excluding carboxylic acids is 1. The highest BCUT2D eigenvalue weighted by Crippen LogP contribution is 2.35. The Labute approximate surface area is 140 Å². The van der Waals surface area contributed by atoms with Crippen molar-refractivity contribution < 1.29 is 4.79 Å². The molecule has 3 aromatic heterocycles. The fourth-order valence-corrected chi connectivity index (χ4v) is 5.09. The number of hydrogen-bond donors (Lipinski definition) is 0. The molecule has 4 rings (SSSR count). The van der Waals surface area contributed by atoms with Crippen LogP contribution in [0.2, 0.25) is 0 Å². The molecule has 3 aromatic rings. The summed E-state index contributed by atoms with van der Waals surface area (Å²) < 4.78 is 0. The molecule has 0 saturated carbocycles. The van der Waals surface area contributed by atoms with Crippen molar-refractivity contribution in [2.24, 2.45) is 0 Å². The van der Waals surface area contributed by atoms with Crippen molar-refractivity contribution in [1.29, 1.82) is 0 Å². The van der Waals surface area contributed by atoms with Crippen molar-refractivity contribution in [2.75, 3.05) is 6.54 Å². The van der Waals surface area contributed by atoms with Gasteiger partial charge in [0.2, 0.25) is 0 Å². The average Bonchev–Trinajstić information content (AvgIpc) is 3.35. The third kappa shape index (κ3) is 2.49. The molecule has 22 heavy (non-hydrogen) atoms. The number of rotatable bonds is 3. The van der Waals surface area contributed by atoms with Crippen molar-refractivity contribution in [3.8, 4) is 9.88 Å². The van der Waals surface area contributed by atoms with Gasteiger partial charge in [0.25, 0.3) is 5.91 Å². The Bertz CT molecular complexity index is 764. The van der Waals surface area contributed by atoms with E-state index in [1.807, 2.05) is 33.2 Å². The number of thiazole rings is 2. The number of carbonyl (C=O) groups is 1. The molecule has 0 bridgehead atoms. The van der Waals surface area contributed by atoms with Crippen LogP contribution in [0.3, 0.4) is 0 Å². The lowest BCUT2D eigenvalue weighted by Crippen LogP contribution is -2.30. The number of aromatic nitrogens is 2. The van der Waals surface area contributed by atoms with E-state index in [1.165, 1.54) is 11.3 Å². The molecular weight excluding hydrogens is 334 g/mol. The van der Waals surface area contributed by atoms with Gasteiger partial charge >= 0.3 is 0 Å². The molecule has 0 spiro atoms. The first-order valence-electron chi connectivity index (χ1n) is 7.02. The van der Waals surface area contributed by atoms with Crippen LogP contribution >= 0.6 is 34.0 Å². The van der Waals surface area contributed by atoms with Gasteiger partial charge < -0.3 is 4.90 Å². The highest BCUT2D eigenvalue weighted by atomic mass is 32.1. The molecule has 1 atom stereocenters. The van der Waals surface area contributed by atoms with Crippen molar-refractivity contribution in [2.45, 2.75) is 18.9 Å². The van der Waals surface area contributed by atoms with Crippen molar-refractivity contribution >= 4 is 39.9 Å². The van der Waals surface area contributed by atoms with E-state index in [0.717, 1.165) is 34.3 Å². The molecule has 0 aliphatic carbocycles. The molecule has 0 aromatic carbocycles. The zero-order valence-electron chi connectivity index (χ0n) is 11.6. The minimum Gasteiger partial charge on any atom is -0.328 e. The quantitative estimate of drug-likeness (QED) is 0.709. The van der Waals surface area contributed by atoms with E-state index in [1.54, 1.807) is 28.9 Å². The summed E-state index contributed by atoms with van der Waals surface area (Å²) in [4.78, 5) is 24.7. The average molecular weight is 347 g/mol. The highest BCUT2D eigenvalue weighted by molar-refractivity contribution is 7.20. The van der Waals surface area contributed by atoms with Gasteiger partial charge in [0, 0.05) is 23.5 Å². The number of hydrogen-bond acceptors (Lipinski definition) is 6. The second kappa shape index (κ2) is 5.91. The van der Waals surface area contributed by atoms with E-state index in [4.69, 9.17) is 0 Å². The van der Waals surface area contributed by atoms with Gasteiger partial charge in [-0.05, 0) is 24.3 Å².